The van der Waals surface area contributed by atoms with Crippen LogP contribution in [0, 0.1) is 29.1 Å². The van der Waals surface area contributed by atoms with Gasteiger partial charge in [-0.25, -0.2) is 26.7 Å². The van der Waals surface area contributed by atoms with Crippen molar-refractivity contribution in [2.24, 2.45) is 0 Å². The molecule has 0 atom stereocenters. The maximum atomic E-state index is 13.4. The largest absolute Gasteiger partial charge is 0.459 e. The van der Waals surface area contributed by atoms with E-state index in [0.29, 0.717) is 19.8 Å². The predicted molar refractivity (Wildman–Crippen MR) is 83.9 cm³/mol. The zero-order valence-corrected chi connectivity index (χ0v) is 14.8. The van der Waals surface area contributed by atoms with Crippen LogP contribution in [0.25, 0.3) is 0 Å². The molecule has 0 saturated heterocycles. The summed E-state index contributed by atoms with van der Waals surface area (Å²) in [6.07, 6.45) is 2.02. The SMILES string of the molecule is CCCCOCCOCCOCCOC(=O)c1c(F)c(F)c(F)c(F)c1F. The molecule has 0 aliphatic rings. The zero-order valence-electron chi connectivity index (χ0n) is 14.8. The molecule has 0 spiro atoms. The zero-order chi connectivity index (χ0) is 20.2. The van der Waals surface area contributed by atoms with Gasteiger partial charge in [-0.2, -0.15) is 0 Å². The third-order valence-electron chi connectivity index (χ3n) is 3.26. The minimum Gasteiger partial charge on any atom is -0.459 e. The van der Waals surface area contributed by atoms with Crippen molar-refractivity contribution < 1.29 is 45.7 Å². The fraction of sp³-hybridized carbons (Fsp3) is 0.588. The van der Waals surface area contributed by atoms with Crippen molar-refractivity contribution in [2.45, 2.75) is 19.8 Å². The Kier molecular flexibility index (Phi) is 10.8. The molecule has 1 aromatic rings. The highest BCUT2D eigenvalue weighted by atomic mass is 19.2. The van der Waals surface area contributed by atoms with Gasteiger partial charge in [0, 0.05) is 6.61 Å². The number of hydrogen-bond donors (Lipinski definition) is 0. The third kappa shape index (κ3) is 7.39. The molecule has 10 heteroatoms. The molecule has 0 aliphatic heterocycles. The van der Waals surface area contributed by atoms with Gasteiger partial charge in [-0.3, -0.25) is 0 Å². The van der Waals surface area contributed by atoms with Gasteiger partial charge in [-0.1, -0.05) is 13.3 Å². The molecule has 27 heavy (non-hydrogen) atoms. The first-order valence-electron chi connectivity index (χ1n) is 8.33. The van der Waals surface area contributed by atoms with Crippen LogP contribution in [-0.2, 0) is 18.9 Å². The second-order valence-corrected chi connectivity index (χ2v) is 5.27. The van der Waals surface area contributed by atoms with Gasteiger partial charge in [0.25, 0.3) is 0 Å². The average molecular weight is 400 g/mol. The van der Waals surface area contributed by atoms with Crippen LogP contribution in [0.3, 0.4) is 0 Å². The molecular weight excluding hydrogens is 379 g/mol. The lowest BCUT2D eigenvalue weighted by atomic mass is 10.1. The molecule has 0 saturated carbocycles. The molecule has 0 unspecified atom stereocenters. The minimum absolute atomic E-state index is 0.141. The van der Waals surface area contributed by atoms with Crippen LogP contribution >= 0.6 is 0 Å². The molecule has 5 nitrogen and oxygen atoms in total. The molecule has 0 N–H and O–H groups in total. The number of carbonyl (C=O) groups excluding carboxylic acids is 1. The average Bonchev–Trinajstić information content (AvgIpc) is 2.65. The Labute approximate surface area is 153 Å². The van der Waals surface area contributed by atoms with E-state index in [9.17, 15) is 26.7 Å². The van der Waals surface area contributed by atoms with Crippen LogP contribution in [0.2, 0.25) is 0 Å². The van der Waals surface area contributed by atoms with Gasteiger partial charge in [-0.15, -0.1) is 0 Å². The number of halogens is 5. The Hall–Kier alpha value is -1.78. The summed E-state index contributed by atoms with van der Waals surface area (Å²) >= 11 is 0. The van der Waals surface area contributed by atoms with Crippen LogP contribution in [0.1, 0.15) is 30.1 Å². The molecule has 0 heterocycles. The maximum absolute atomic E-state index is 13.4. The molecule has 1 aromatic carbocycles. The number of hydrogen-bond acceptors (Lipinski definition) is 5. The van der Waals surface area contributed by atoms with E-state index in [1.807, 2.05) is 0 Å². The number of esters is 1. The van der Waals surface area contributed by atoms with Crippen LogP contribution < -0.4 is 0 Å². The first kappa shape index (κ1) is 23.3. The van der Waals surface area contributed by atoms with E-state index in [0.717, 1.165) is 12.8 Å². The van der Waals surface area contributed by atoms with Gasteiger partial charge in [0.1, 0.15) is 12.2 Å². The van der Waals surface area contributed by atoms with Crippen LogP contribution in [0.4, 0.5) is 22.0 Å². The Bertz CT molecular complexity index is 583. The van der Waals surface area contributed by atoms with Crippen molar-refractivity contribution in [3.05, 3.63) is 34.6 Å². The Morgan fingerprint density at radius 3 is 1.56 bits per heavy atom. The predicted octanol–water partition coefficient (Wildman–Crippen LogP) is 3.39. The highest BCUT2D eigenvalue weighted by molar-refractivity contribution is 5.90. The van der Waals surface area contributed by atoms with Crippen molar-refractivity contribution in [1.82, 2.24) is 0 Å². The summed E-state index contributed by atoms with van der Waals surface area (Å²) in [5.74, 6) is -12.9. The lowest BCUT2D eigenvalue weighted by molar-refractivity contribution is -0.0000234. The van der Waals surface area contributed by atoms with E-state index in [4.69, 9.17) is 14.2 Å². The molecule has 0 aliphatic carbocycles. The fourth-order valence-electron chi connectivity index (χ4n) is 1.84. The van der Waals surface area contributed by atoms with Crippen molar-refractivity contribution in [1.29, 1.82) is 0 Å². The monoisotopic (exact) mass is 400 g/mol. The molecular formula is C17H21F5O5. The summed E-state index contributed by atoms with van der Waals surface area (Å²) in [5.41, 5.74) is -1.64. The van der Waals surface area contributed by atoms with Crippen molar-refractivity contribution in [3.8, 4) is 0 Å². The maximum Gasteiger partial charge on any atom is 0.344 e. The summed E-state index contributed by atoms with van der Waals surface area (Å²) < 4.78 is 85.8. The van der Waals surface area contributed by atoms with Crippen molar-refractivity contribution in [2.75, 3.05) is 46.2 Å². The Morgan fingerprint density at radius 1 is 0.667 bits per heavy atom. The number of rotatable bonds is 13. The summed E-state index contributed by atoms with van der Waals surface area (Å²) in [7, 11) is 0. The number of ether oxygens (including phenoxy) is 4. The Morgan fingerprint density at radius 2 is 1.07 bits per heavy atom. The van der Waals surface area contributed by atoms with Gasteiger partial charge in [0.2, 0.25) is 5.82 Å². The first-order valence-corrected chi connectivity index (χ1v) is 8.33. The lowest BCUT2D eigenvalue weighted by Gasteiger charge is -2.09. The van der Waals surface area contributed by atoms with E-state index in [1.54, 1.807) is 0 Å². The molecule has 0 amide bonds. The summed E-state index contributed by atoms with van der Waals surface area (Å²) in [6.45, 7) is 3.41. The topological polar surface area (TPSA) is 54.0 Å². The van der Waals surface area contributed by atoms with Crippen LogP contribution in [0.15, 0.2) is 0 Å². The lowest BCUT2D eigenvalue weighted by Crippen LogP contribution is -2.18. The summed E-state index contributed by atoms with van der Waals surface area (Å²) in [4.78, 5) is 11.5. The van der Waals surface area contributed by atoms with Crippen molar-refractivity contribution in [3.63, 3.8) is 0 Å². The second kappa shape index (κ2) is 12.6. The van der Waals surface area contributed by atoms with Crippen molar-refractivity contribution >= 4 is 5.97 Å². The highest BCUT2D eigenvalue weighted by Gasteiger charge is 2.30. The Balaban J connectivity index is 2.22. The molecule has 0 aromatic heterocycles. The van der Waals surface area contributed by atoms with E-state index < -0.39 is 47.2 Å². The third-order valence-corrected chi connectivity index (χ3v) is 3.26. The van der Waals surface area contributed by atoms with E-state index in [1.165, 1.54) is 0 Å². The number of benzene rings is 1. The second-order valence-electron chi connectivity index (χ2n) is 5.27. The number of unbranched alkanes of at least 4 members (excludes halogenated alkanes) is 1. The molecule has 154 valence electrons. The van der Waals surface area contributed by atoms with Gasteiger partial charge in [0.05, 0.1) is 33.0 Å². The molecule has 0 radical (unpaired) electrons. The van der Waals surface area contributed by atoms with E-state index >= 15 is 0 Å². The van der Waals surface area contributed by atoms with Gasteiger partial charge < -0.3 is 18.9 Å². The van der Waals surface area contributed by atoms with E-state index in [-0.39, 0.29) is 19.8 Å². The normalized spacial score (nSPS) is 11.0. The van der Waals surface area contributed by atoms with Crippen LogP contribution in [0.5, 0.6) is 0 Å². The highest BCUT2D eigenvalue weighted by Crippen LogP contribution is 2.23. The molecule has 0 fully saturated rings. The van der Waals surface area contributed by atoms with E-state index in [2.05, 4.69) is 11.7 Å². The fourth-order valence-corrected chi connectivity index (χ4v) is 1.84. The van der Waals surface area contributed by atoms with Gasteiger partial charge in [0.15, 0.2) is 23.3 Å². The standard InChI is InChI=1S/C17H21F5O5/c1-2-3-4-24-5-6-25-7-8-26-9-10-27-17(23)11-12(18)14(20)16(22)15(21)13(11)19/h2-10H2,1H3. The quantitative estimate of drug-likeness (QED) is 0.167. The summed E-state index contributed by atoms with van der Waals surface area (Å²) in [5, 5.41) is 0. The summed E-state index contributed by atoms with van der Waals surface area (Å²) in [6, 6.07) is 0. The smallest absolute Gasteiger partial charge is 0.344 e. The van der Waals surface area contributed by atoms with Crippen LogP contribution in [-0.4, -0.2) is 52.2 Å². The minimum atomic E-state index is -2.35. The van der Waals surface area contributed by atoms with Gasteiger partial charge >= 0.3 is 5.97 Å². The van der Waals surface area contributed by atoms with Gasteiger partial charge in [-0.05, 0) is 6.42 Å². The first-order chi connectivity index (χ1) is 12.9. The molecule has 0 bridgehead atoms. The number of carbonyl (C=O) groups is 1. The molecule has 1 rings (SSSR count).